The van der Waals surface area contributed by atoms with E-state index in [1.807, 2.05) is 0 Å². The van der Waals surface area contributed by atoms with E-state index < -0.39 is 15.3 Å². The van der Waals surface area contributed by atoms with Crippen LogP contribution in [0.5, 0.6) is 0 Å². The fourth-order valence-corrected chi connectivity index (χ4v) is 2.08. The standard InChI is InChI=1S/C8H9Cl2NO2S/c1-5(14(11,12)13)7-4-6(9)2-3-8(7)10/h2-5H,1H3,(H2,11,12,13). The highest BCUT2D eigenvalue weighted by atomic mass is 35.5. The monoisotopic (exact) mass is 253 g/mol. The quantitative estimate of drug-likeness (QED) is 0.880. The van der Waals surface area contributed by atoms with Gasteiger partial charge >= 0.3 is 0 Å². The van der Waals surface area contributed by atoms with Crippen LogP contribution in [0.25, 0.3) is 0 Å². The zero-order valence-electron chi connectivity index (χ0n) is 7.37. The summed E-state index contributed by atoms with van der Waals surface area (Å²) in [5, 5.41) is 4.92. The first-order valence-electron chi connectivity index (χ1n) is 3.79. The van der Waals surface area contributed by atoms with E-state index in [-0.39, 0.29) is 0 Å². The van der Waals surface area contributed by atoms with E-state index in [0.717, 1.165) is 0 Å². The fourth-order valence-electron chi connectivity index (χ4n) is 1.00. The van der Waals surface area contributed by atoms with Gasteiger partial charge in [0.2, 0.25) is 10.0 Å². The summed E-state index contributed by atoms with van der Waals surface area (Å²) in [6.07, 6.45) is 0. The topological polar surface area (TPSA) is 60.2 Å². The molecule has 1 rings (SSSR count). The number of benzene rings is 1. The maximum absolute atomic E-state index is 11.1. The summed E-state index contributed by atoms with van der Waals surface area (Å²) in [6, 6.07) is 4.63. The lowest BCUT2D eigenvalue weighted by atomic mass is 10.2. The number of halogens is 2. The van der Waals surface area contributed by atoms with Crippen molar-refractivity contribution in [2.75, 3.05) is 0 Å². The molecule has 0 bridgehead atoms. The van der Waals surface area contributed by atoms with Crippen molar-refractivity contribution in [1.82, 2.24) is 0 Å². The van der Waals surface area contributed by atoms with Gasteiger partial charge in [-0.05, 0) is 30.7 Å². The Labute approximate surface area is 92.9 Å². The molecule has 0 heterocycles. The Bertz CT molecular complexity index is 445. The van der Waals surface area contributed by atoms with Crippen molar-refractivity contribution in [2.24, 2.45) is 5.14 Å². The zero-order valence-corrected chi connectivity index (χ0v) is 9.70. The first-order chi connectivity index (χ1) is 6.32. The lowest BCUT2D eigenvalue weighted by molar-refractivity contribution is 0.588. The highest BCUT2D eigenvalue weighted by Gasteiger charge is 2.20. The maximum atomic E-state index is 11.1. The van der Waals surface area contributed by atoms with E-state index in [1.165, 1.54) is 13.0 Å². The molecule has 0 fully saturated rings. The predicted molar refractivity (Wildman–Crippen MR) is 58.0 cm³/mol. The lowest BCUT2D eigenvalue weighted by Gasteiger charge is -2.11. The van der Waals surface area contributed by atoms with Crippen LogP contribution in [-0.2, 0) is 10.0 Å². The summed E-state index contributed by atoms with van der Waals surface area (Å²) in [6.45, 7) is 1.47. The number of hydrogen-bond acceptors (Lipinski definition) is 2. The fraction of sp³-hybridized carbons (Fsp3) is 0.250. The van der Waals surface area contributed by atoms with Crippen LogP contribution in [0, 0.1) is 0 Å². The summed E-state index contributed by atoms with van der Waals surface area (Å²) < 4.78 is 22.1. The molecule has 3 nitrogen and oxygen atoms in total. The Morgan fingerprint density at radius 1 is 1.36 bits per heavy atom. The van der Waals surface area contributed by atoms with E-state index in [9.17, 15) is 8.42 Å². The molecular weight excluding hydrogens is 245 g/mol. The zero-order chi connectivity index (χ0) is 10.9. The van der Waals surface area contributed by atoms with Crippen molar-refractivity contribution in [3.63, 3.8) is 0 Å². The average Bonchev–Trinajstić information content (AvgIpc) is 2.06. The molecule has 0 saturated heterocycles. The molecule has 1 unspecified atom stereocenters. The third kappa shape index (κ3) is 2.60. The van der Waals surface area contributed by atoms with Crippen LogP contribution in [-0.4, -0.2) is 8.42 Å². The summed E-state index contributed by atoms with van der Waals surface area (Å²) in [5.74, 6) is 0. The molecule has 1 aromatic rings. The molecule has 0 aliphatic carbocycles. The molecule has 0 saturated carbocycles. The highest BCUT2D eigenvalue weighted by Crippen LogP contribution is 2.29. The highest BCUT2D eigenvalue weighted by molar-refractivity contribution is 7.89. The Hall–Kier alpha value is -0.290. The van der Waals surface area contributed by atoms with E-state index in [2.05, 4.69) is 0 Å². The van der Waals surface area contributed by atoms with Gasteiger partial charge in [0.15, 0.2) is 0 Å². The molecule has 1 aromatic carbocycles. The van der Waals surface area contributed by atoms with Crippen LogP contribution in [0.2, 0.25) is 10.0 Å². The SMILES string of the molecule is CC(c1cc(Cl)ccc1Cl)S(N)(=O)=O. The van der Waals surface area contributed by atoms with Crippen LogP contribution in [0.1, 0.15) is 17.7 Å². The minimum Gasteiger partial charge on any atom is -0.228 e. The smallest absolute Gasteiger partial charge is 0.215 e. The minimum atomic E-state index is -3.64. The first-order valence-corrected chi connectivity index (χ1v) is 6.15. The Kier molecular flexibility index (Phi) is 3.42. The normalized spacial score (nSPS) is 14.0. The number of nitrogens with two attached hydrogens (primary N) is 1. The van der Waals surface area contributed by atoms with Gasteiger partial charge in [0, 0.05) is 10.0 Å². The number of sulfonamides is 1. The Balaban J connectivity index is 3.26. The van der Waals surface area contributed by atoms with E-state index in [0.29, 0.717) is 15.6 Å². The van der Waals surface area contributed by atoms with Crippen molar-refractivity contribution in [2.45, 2.75) is 12.2 Å². The summed E-state index contributed by atoms with van der Waals surface area (Å²) in [7, 11) is -3.64. The first kappa shape index (κ1) is 11.8. The molecule has 0 spiro atoms. The molecule has 6 heteroatoms. The maximum Gasteiger partial charge on any atom is 0.215 e. The van der Waals surface area contributed by atoms with Crippen LogP contribution >= 0.6 is 23.2 Å². The molecule has 78 valence electrons. The second kappa shape index (κ2) is 4.06. The Morgan fingerprint density at radius 3 is 2.43 bits per heavy atom. The van der Waals surface area contributed by atoms with Crippen molar-refractivity contribution >= 4 is 33.2 Å². The summed E-state index contributed by atoms with van der Waals surface area (Å²) in [5.41, 5.74) is 0.418. The molecule has 0 aliphatic rings. The van der Waals surface area contributed by atoms with Crippen molar-refractivity contribution in [1.29, 1.82) is 0 Å². The average molecular weight is 254 g/mol. The van der Waals surface area contributed by atoms with Gasteiger partial charge in [0.05, 0.1) is 5.25 Å². The van der Waals surface area contributed by atoms with Gasteiger partial charge in [-0.25, -0.2) is 13.6 Å². The summed E-state index contributed by atoms with van der Waals surface area (Å²) >= 11 is 11.5. The minimum absolute atomic E-state index is 0.343. The largest absolute Gasteiger partial charge is 0.228 e. The molecular formula is C8H9Cl2NO2S. The van der Waals surface area contributed by atoms with Gasteiger partial charge in [-0.1, -0.05) is 23.2 Å². The molecule has 14 heavy (non-hydrogen) atoms. The number of primary sulfonamides is 1. The Morgan fingerprint density at radius 2 is 1.93 bits per heavy atom. The van der Waals surface area contributed by atoms with E-state index >= 15 is 0 Å². The van der Waals surface area contributed by atoms with Gasteiger partial charge in [-0.3, -0.25) is 0 Å². The van der Waals surface area contributed by atoms with E-state index in [4.69, 9.17) is 28.3 Å². The van der Waals surface area contributed by atoms with Crippen molar-refractivity contribution in [3.8, 4) is 0 Å². The second-order valence-electron chi connectivity index (χ2n) is 2.90. The van der Waals surface area contributed by atoms with Gasteiger partial charge in [0.1, 0.15) is 0 Å². The van der Waals surface area contributed by atoms with Crippen LogP contribution in [0.4, 0.5) is 0 Å². The molecule has 0 aromatic heterocycles. The van der Waals surface area contributed by atoms with Gasteiger partial charge in [-0.2, -0.15) is 0 Å². The van der Waals surface area contributed by atoms with Gasteiger partial charge in [0.25, 0.3) is 0 Å². The second-order valence-corrected chi connectivity index (χ2v) is 5.63. The third-order valence-corrected chi connectivity index (χ3v) is 3.71. The number of hydrogen-bond donors (Lipinski definition) is 1. The number of rotatable bonds is 2. The molecule has 0 radical (unpaired) electrons. The predicted octanol–water partition coefficient (Wildman–Crippen LogP) is 2.34. The van der Waals surface area contributed by atoms with E-state index in [1.54, 1.807) is 12.1 Å². The van der Waals surface area contributed by atoms with Crippen molar-refractivity contribution < 1.29 is 8.42 Å². The lowest BCUT2D eigenvalue weighted by Crippen LogP contribution is -2.19. The van der Waals surface area contributed by atoms with Crippen LogP contribution in [0.3, 0.4) is 0 Å². The van der Waals surface area contributed by atoms with Crippen LogP contribution < -0.4 is 5.14 Å². The van der Waals surface area contributed by atoms with Crippen molar-refractivity contribution in [3.05, 3.63) is 33.8 Å². The van der Waals surface area contributed by atoms with Gasteiger partial charge < -0.3 is 0 Å². The molecule has 0 amide bonds. The summed E-state index contributed by atoms with van der Waals surface area (Å²) in [4.78, 5) is 0. The van der Waals surface area contributed by atoms with Crippen LogP contribution in [0.15, 0.2) is 18.2 Å². The molecule has 1 atom stereocenters. The third-order valence-electron chi connectivity index (χ3n) is 1.89. The molecule has 0 aliphatic heterocycles. The molecule has 2 N–H and O–H groups in total. The van der Waals surface area contributed by atoms with Gasteiger partial charge in [-0.15, -0.1) is 0 Å².